The first kappa shape index (κ1) is 34.8. The van der Waals surface area contributed by atoms with E-state index in [2.05, 4.69) is 13.8 Å². The topological polar surface area (TPSA) is 91.3 Å². The molecule has 0 amide bonds. The molecule has 0 heterocycles. The maximum Gasteiger partial charge on any atom is 0.339 e. The number of carboxylic acids is 1. The molecule has 214 valence electrons. The fourth-order valence-corrected chi connectivity index (χ4v) is 3.74. The molecule has 0 aliphatic carbocycles. The summed E-state index contributed by atoms with van der Waals surface area (Å²) in [7, 11) is 0. The van der Waals surface area contributed by atoms with Crippen LogP contribution in [0.4, 0.5) is 0 Å². The summed E-state index contributed by atoms with van der Waals surface area (Å²) in [5.41, 5.74) is -1.12. The predicted molar refractivity (Wildman–Crippen MR) is 144 cm³/mol. The average Bonchev–Trinajstić information content (AvgIpc) is 2.76. The van der Waals surface area contributed by atoms with E-state index in [1.165, 1.54) is 38.5 Å². The normalized spacial score (nSPS) is 14.0. The van der Waals surface area contributed by atoms with Crippen LogP contribution in [0, 0.1) is 0 Å². The zero-order valence-electron chi connectivity index (χ0n) is 24.4. The lowest BCUT2D eigenvalue weighted by Gasteiger charge is -2.30. The number of aliphatic carboxylic acids is 1. The number of rotatable bonds is 23. The Bertz CT molecular complexity index is 568. The van der Waals surface area contributed by atoms with Crippen molar-refractivity contribution in [2.45, 2.75) is 155 Å². The van der Waals surface area contributed by atoms with Crippen molar-refractivity contribution >= 4 is 11.9 Å². The molecule has 0 rings (SSSR count). The van der Waals surface area contributed by atoms with Crippen molar-refractivity contribution in [3.8, 4) is 0 Å². The quantitative estimate of drug-likeness (QED) is 0.114. The molecule has 0 aromatic carbocycles. The molecule has 0 bridgehead atoms. The van der Waals surface area contributed by atoms with Crippen LogP contribution in [-0.2, 0) is 28.5 Å². The van der Waals surface area contributed by atoms with Gasteiger partial charge in [0.15, 0.2) is 12.2 Å². The molecule has 7 nitrogen and oxygen atoms in total. The van der Waals surface area contributed by atoms with Crippen molar-refractivity contribution < 1.29 is 33.6 Å². The molecule has 7 heteroatoms. The highest BCUT2D eigenvalue weighted by atomic mass is 16.6. The van der Waals surface area contributed by atoms with Gasteiger partial charge in [-0.15, -0.1) is 0 Å². The fraction of sp³-hybridized carbons (Fsp3) is 0.931. The second-order valence-electron chi connectivity index (χ2n) is 11.3. The number of carbonyl (C=O) groups is 2. The van der Waals surface area contributed by atoms with Crippen LogP contribution in [-0.4, -0.2) is 60.3 Å². The molecule has 0 aromatic rings. The molecule has 0 spiro atoms. The molecule has 2 unspecified atom stereocenters. The van der Waals surface area contributed by atoms with E-state index < -0.39 is 29.7 Å². The third kappa shape index (κ3) is 19.0. The van der Waals surface area contributed by atoms with Gasteiger partial charge in [-0.25, -0.2) is 9.59 Å². The lowest BCUT2D eigenvalue weighted by Crippen LogP contribution is -2.47. The molecule has 0 aliphatic heterocycles. The van der Waals surface area contributed by atoms with Crippen LogP contribution < -0.4 is 0 Å². The second-order valence-corrected chi connectivity index (χ2v) is 11.3. The first-order valence-corrected chi connectivity index (χ1v) is 14.3. The molecule has 0 fully saturated rings. The summed E-state index contributed by atoms with van der Waals surface area (Å²) in [6, 6.07) is 0. The summed E-state index contributed by atoms with van der Waals surface area (Å²) < 4.78 is 23.0. The maximum absolute atomic E-state index is 13.1. The zero-order chi connectivity index (χ0) is 27.5. The summed E-state index contributed by atoms with van der Waals surface area (Å²) >= 11 is 0. The van der Waals surface area contributed by atoms with Gasteiger partial charge in [0.2, 0.25) is 0 Å². The first-order valence-electron chi connectivity index (χ1n) is 14.3. The molecular weight excluding hydrogens is 460 g/mol. The highest BCUT2D eigenvalue weighted by Gasteiger charge is 2.39. The molecule has 0 radical (unpaired) electrons. The largest absolute Gasteiger partial charge is 0.479 e. The highest BCUT2D eigenvalue weighted by Crippen LogP contribution is 2.21. The van der Waals surface area contributed by atoms with E-state index in [0.717, 1.165) is 38.5 Å². The Morgan fingerprint density at radius 2 is 1.11 bits per heavy atom. The number of ether oxygens (including phenoxy) is 4. The number of carboxylic acid groups (broad SMARTS) is 1. The van der Waals surface area contributed by atoms with Gasteiger partial charge in [0, 0.05) is 19.6 Å². The van der Waals surface area contributed by atoms with Crippen molar-refractivity contribution in [2.75, 3.05) is 19.8 Å². The van der Waals surface area contributed by atoms with Crippen LogP contribution in [0.2, 0.25) is 0 Å². The van der Waals surface area contributed by atoms with E-state index in [1.807, 2.05) is 20.8 Å². The van der Waals surface area contributed by atoms with Gasteiger partial charge in [-0.2, -0.15) is 0 Å². The number of hydrogen-bond donors (Lipinski definition) is 1. The van der Waals surface area contributed by atoms with Crippen LogP contribution in [0.1, 0.15) is 132 Å². The van der Waals surface area contributed by atoms with Crippen molar-refractivity contribution in [3.63, 3.8) is 0 Å². The van der Waals surface area contributed by atoms with Gasteiger partial charge in [-0.1, -0.05) is 78.1 Å². The monoisotopic (exact) mass is 516 g/mol. The van der Waals surface area contributed by atoms with Crippen molar-refractivity contribution in [1.82, 2.24) is 0 Å². The van der Waals surface area contributed by atoms with Crippen molar-refractivity contribution in [2.24, 2.45) is 0 Å². The van der Waals surface area contributed by atoms with Gasteiger partial charge in [0.05, 0.1) is 12.2 Å². The van der Waals surface area contributed by atoms with E-state index in [-0.39, 0.29) is 12.2 Å². The highest BCUT2D eigenvalue weighted by molar-refractivity contribution is 5.85. The third-order valence-corrected chi connectivity index (χ3v) is 5.96. The van der Waals surface area contributed by atoms with E-state index in [1.54, 1.807) is 13.8 Å². The molecule has 1 N–H and O–H groups in total. The summed E-state index contributed by atoms with van der Waals surface area (Å²) in [5.74, 6) is -1.91. The molecule has 36 heavy (non-hydrogen) atoms. The smallest absolute Gasteiger partial charge is 0.339 e. The van der Waals surface area contributed by atoms with Gasteiger partial charge in [-0.3, -0.25) is 0 Å². The summed E-state index contributed by atoms with van der Waals surface area (Å²) in [4.78, 5) is 25.2. The van der Waals surface area contributed by atoms with Crippen LogP contribution >= 0.6 is 0 Å². The number of unbranched alkanes of at least 4 members (excludes halogenated alkanes) is 10. The standard InChI is InChI=1S/C29H56O7/c1-8-10-12-14-16-18-21-33-24(26(30)31)25(34-22-19-17-15-13-11-9-2)27(32)36-29(6,7)20-23-35-28(3,4)5/h24-25H,8-23H2,1-7H3,(H,30,31). The van der Waals surface area contributed by atoms with Crippen LogP contribution in [0.25, 0.3) is 0 Å². The van der Waals surface area contributed by atoms with Crippen LogP contribution in [0.15, 0.2) is 0 Å². The van der Waals surface area contributed by atoms with Gasteiger partial charge < -0.3 is 24.1 Å². The molecular formula is C29H56O7. The third-order valence-electron chi connectivity index (χ3n) is 5.96. The number of hydrogen-bond acceptors (Lipinski definition) is 6. The maximum atomic E-state index is 13.1. The molecule has 0 saturated carbocycles. The Morgan fingerprint density at radius 1 is 0.667 bits per heavy atom. The van der Waals surface area contributed by atoms with E-state index in [0.29, 0.717) is 19.6 Å². The fourth-order valence-electron chi connectivity index (χ4n) is 3.74. The Kier molecular flexibility index (Phi) is 19.2. The molecule has 0 aromatic heterocycles. The first-order chi connectivity index (χ1) is 16.9. The van der Waals surface area contributed by atoms with Gasteiger partial charge in [0.1, 0.15) is 5.60 Å². The van der Waals surface area contributed by atoms with Gasteiger partial charge in [0.25, 0.3) is 0 Å². The number of esters is 1. The molecule has 2 atom stereocenters. The van der Waals surface area contributed by atoms with E-state index >= 15 is 0 Å². The molecule has 0 aliphatic rings. The van der Waals surface area contributed by atoms with Crippen LogP contribution in [0.5, 0.6) is 0 Å². The summed E-state index contributed by atoms with van der Waals surface area (Å²) in [5, 5.41) is 9.86. The van der Waals surface area contributed by atoms with Gasteiger partial charge in [-0.05, 0) is 47.5 Å². The minimum atomic E-state index is -1.39. The Morgan fingerprint density at radius 3 is 1.56 bits per heavy atom. The summed E-state index contributed by atoms with van der Waals surface area (Å²) in [6.45, 7) is 14.8. The SMILES string of the molecule is CCCCCCCCOC(C(=O)O)C(OCCCCCCCC)C(=O)OC(C)(C)CCOC(C)(C)C. The minimum Gasteiger partial charge on any atom is -0.479 e. The van der Waals surface area contributed by atoms with Gasteiger partial charge >= 0.3 is 11.9 Å². The van der Waals surface area contributed by atoms with Crippen molar-refractivity contribution in [1.29, 1.82) is 0 Å². The predicted octanol–water partition coefficient (Wildman–Crippen LogP) is 7.09. The summed E-state index contributed by atoms with van der Waals surface area (Å²) in [6.07, 6.45) is 10.6. The number of carbonyl (C=O) groups excluding carboxylic acids is 1. The average molecular weight is 517 g/mol. The Balaban J connectivity index is 5.05. The van der Waals surface area contributed by atoms with Crippen molar-refractivity contribution in [3.05, 3.63) is 0 Å². The minimum absolute atomic E-state index is 0.274. The second kappa shape index (κ2) is 19.9. The van der Waals surface area contributed by atoms with E-state index in [9.17, 15) is 14.7 Å². The van der Waals surface area contributed by atoms with Crippen LogP contribution in [0.3, 0.4) is 0 Å². The zero-order valence-corrected chi connectivity index (χ0v) is 24.4. The molecule has 0 saturated heterocycles. The lowest BCUT2D eigenvalue weighted by atomic mass is 10.0. The Labute approximate surface area is 221 Å². The van der Waals surface area contributed by atoms with E-state index in [4.69, 9.17) is 18.9 Å². The lowest BCUT2D eigenvalue weighted by molar-refractivity contribution is -0.190. The Hall–Kier alpha value is -1.18.